The second-order valence-electron chi connectivity index (χ2n) is 5.02. The highest BCUT2D eigenvalue weighted by molar-refractivity contribution is 5.96. The van der Waals surface area contributed by atoms with Crippen LogP contribution in [0.2, 0.25) is 0 Å². The molecule has 1 aromatic carbocycles. The summed E-state index contributed by atoms with van der Waals surface area (Å²) in [5, 5.41) is 10.8. The molecular formula is C14H16N2O5. The lowest BCUT2D eigenvalue weighted by molar-refractivity contribution is -0.384. The second-order valence-corrected chi connectivity index (χ2v) is 5.02. The van der Waals surface area contributed by atoms with Gasteiger partial charge in [-0.05, 0) is 18.9 Å². The number of amides is 1. The van der Waals surface area contributed by atoms with Crippen molar-refractivity contribution in [1.82, 2.24) is 4.90 Å². The number of carbonyl (C=O) groups excluding carboxylic acids is 2. The fraction of sp³-hybridized carbons (Fsp3) is 0.429. The molecule has 1 aliphatic heterocycles. The molecule has 0 spiro atoms. The highest BCUT2D eigenvalue weighted by Gasteiger charge is 2.32. The Labute approximate surface area is 121 Å². The Morgan fingerprint density at radius 2 is 2.14 bits per heavy atom. The molecule has 2 rings (SSSR count). The van der Waals surface area contributed by atoms with Crippen molar-refractivity contribution in [3.8, 4) is 0 Å². The van der Waals surface area contributed by atoms with E-state index in [1.54, 1.807) is 13.0 Å². The molecule has 21 heavy (non-hydrogen) atoms. The standard InChI is InChI=1S/C14H16N2O5/c1-9-3-4-11(16(19)20)7-12(9)13(17)15-6-5-10(8-15)14(18)21-2/h3-4,7,10H,5-6,8H2,1-2H3. The summed E-state index contributed by atoms with van der Waals surface area (Å²) in [5.74, 6) is -0.943. The number of methoxy groups -OCH3 is 1. The summed E-state index contributed by atoms with van der Waals surface area (Å²) in [4.78, 5) is 35.7. The number of likely N-dealkylation sites (tertiary alicyclic amines) is 1. The smallest absolute Gasteiger partial charge is 0.310 e. The van der Waals surface area contributed by atoms with Crippen molar-refractivity contribution in [1.29, 1.82) is 0 Å². The number of rotatable bonds is 3. The summed E-state index contributed by atoms with van der Waals surface area (Å²) in [6, 6.07) is 4.20. The largest absolute Gasteiger partial charge is 0.469 e. The maximum Gasteiger partial charge on any atom is 0.310 e. The lowest BCUT2D eigenvalue weighted by Crippen LogP contribution is -2.30. The van der Waals surface area contributed by atoms with Crippen LogP contribution >= 0.6 is 0 Å². The van der Waals surface area contributed by atoms with Crippen LogP contribution in [0, 0.1) is 23.0 Å². The van der Waals surface area contributed by atoms with Gasteiger partial charge in [0.25, 0.3) is 11.6 Å². The number of hydrogen-bond acceptors (Lipinski definition) is 5. The van der Waals surface area contributed by atoms with Crippen LogP contribution in [0.1, 0.15) is 22.3 Å². The molecule has 1 aliphatic rings. The number of esters is 1. The van der Waals surface area contributed by atoms with Crippen molar-refractivity contribution in [2.75, 3.05) is 20.2 Å². The molecule has 1 saturated heterocycles. The molecule has 0 radical (unpaired) electrons. The first-order chi connectivity index (χ1) is 9.93. The van der Waals surface area contributed by atoms with Crippen LogP contribution in [0.15, 0.2) is 18.2 Å². The van der Waals surface area contributed by atoms with Gasteiger partial charge in [0.15, 0.2) is 0 Å². The van der Waals surface area contributed by atoms with Crippen molar-refractivity contribution >= 4 is 17.6 Å². The molecule has 112 valence electrons. The second kappa shape index (κ2) is 5.90. The molecule has 7 heteroatoms. The van der Waals surface area contributed by atoms with E-state index in [9.17, 15) is 19.7 Å². The van der Waals surface area contributed by atoms with E-state index in [0.717, 1.165) is 0 Å². The normalized spacial score (nSPS) is 17.6. The predicted octanol–water partition coefficient (Wildman–Crippen LogP) is 1.54. The molecule has 0 N–H and O–H groups in total. The number of benzene rings is 1. The molecule has 1 amide bonds. The summed E-state index contributed by atoms with van der Waals surface area (Å²) in [6.07, 6.45) is 0.548. The summed E-state index contributed by atoms with van der Waals surface area (Å²) in [5.41, 5.74) is 0.856. The minimum atomic E-state index is -0.530. The van der Waals surface area contributed by atoms with Crippen LogP contribution < -0.4 is 0 Å². The Hall–Kier alpha value is -2.44. The van der Waals surface area contributed by atoms with Crippen molar-refractivity contribution in [3.63, 3.8) is 0 Å². The Morgan fingerprint density at radius 3 is 2.76 bits per heavy atom. The summed E-state index contributed by atoms with van der Waals surface area (Å²) in [7, 11) is 1.32. The van der Waals surface area contributed by atoms with Gasteiger partial charge in [-0.15, -0.1) is 0 Å². The van der Waals surface area contributed by atoms with Gasteiger partial charge >= 0.3 is 5.97 Å². The van der Waals surface area contributed by atoms with E-state index in [4.69, 9.17) is 0 Å². The molecule has 0 saturated carbocycles. The number of nitro groups is 1. The van der Waals surface area contributed by atoms with Gasteiger partial charge < -0.3 is 9.64 Å². The summed E-state index contributed by atoms with van der Waals surface area (Å²) < 4.78 is 4.68. The highest BCUT2D eigenvalue weighted by Crippen LogP contribution is 2.23. The maximum absolute atomic E-state index is 12.5. The number of carbonyl (C=O) groups is 2. The van der Waals surface area contributed by atoms with Crippen molar-refractivity contribution < 1.29 is 19.2 Å². The SMILES string of the molecule is COC(=O)C1CCN(C(=O)c2cc([N+](=O)[O-])ccc2C)C1. The lowest BCUT2D eigenvalue weighted by atomic mass is 10.1. The Kier molecular flexibility index (Phi) is 4.21. The number of non-ortho nitro benzene ring substituents is 1. The summed E-state index contributed by atoms with van der Waals surface area (Å²) in [6.45, 7) is 2.46. The van der Waals surface area contributed by atoms with E-state index >= 15 is 0 Å². The Morgan fingerprint density at radius 1 is 1.43 bits per heavy atom. The third kappa shape index (κ3) is 3.01. The minimum absolute atomic E-state index is 0.118. The van der Waals surface area contributed by atoms with Crippen LogP contribution in [0.25, 0.3) is 0 Å². The minimum Gasteiger partial charge on any atom is -0.469 e. The lowest BCUT2D eigenvalue weighted by Gasteiger charge is -2.17. The first-order valence-electron chi connectivity index (χ1n) is 6.56. The van der Waals surface area contributed by atoms with Gasteiger partial charge in [-0.1, -0.05) is 6.07 Å². The molecule has 1 aromatic rings. The number of ether oxygens (including phenoxy) is 1. The van der Waals surface area contributed by atoms with E-state index < -0.39 is 4.92 Å². The van der Waals surface area contributed by atoms with Crippen molar-refractivity contribution in [2.45, 2.75) is 13.3 Å². The van der Waals surface area contributed by atoms with Gasteiger partial charge in [-0.25, -0.2) is 0 Å². The van der Waals surface area contributed by atoms with Crippen LogP contribution in [-0.4, -0.2) is 41.9 Å². The third-order valence-corrected chi connectivity index (χ3v) is 3.67. The zero-order valence-electron chi connectivity index (χ0n) is 11.9. The molecular weight excluding hydrogens is 276 g/mol. The number of nitro benzene ring substituents is 1. The first-order valence-corrected chi connectivity index (χ1v) is 6.56. The average molecular weight is 292 g/mol. The molecule has 1 heterocycles. The molecule has 0 bridgehead atoms. The van der Waals surface area contributed by atoms with Gasteiger partial charge in [-0.3, -0.25) is 19.7 Å². The van der Waals surface area contributed by atoms with E-state index in [0.29, 0.717) is 24.1 Å². The quantitative estimate of drug-likeness (QED) is 0.479. The first kappa shape index (κ1) is 15.0. The van der Waals surface area contributed by atoms with E-state index in [2.05, 4.69) is 4.74 Å². The topological polar surface area (TPSA) is 89.8 Å². The molecule has 1 atom stereocenters. The highest BCUT2D eigenvalue weighted by atomic mass is 16.6. The van der Waals surface area contributed by atoms with Crippen molar-refractivity contribution in [3.05, 3.63) is 39.4 Å². The van der Waals surface area contributed by atoms with Gasteiger partial charge in [0.2, 0.25) is 0 Å². The zero-order chi connectivity index (χ0) is 15.6. The third-order valence-electron chi connectivity index (χ3n) is 3.67. The fourth-order valence-electron chi connectivity index (χ4n) is 2.43. The van der Waals surface area contributed by atoms with Crippen LogP contribution in [-0.2, 0) is 9.53 Å². The summed E-state index contributed by atoms with van der Waals surface area (Å²) >= 11 is 0. The van der Waals surface area contributed by atoms with E-state index in [1.807, 2.05) is 0 Å². The van der Waals surface area contributed by atoms with Crippen LogP contribution in [0.4, 0.5) is 5.69 Å². The van der Waals surface area contributed by atoms with Crippen LogP contribution in [0.5, 0.6) is 0 Å². The van der Waals surface area contributed by atoms with Crippen molar-refractivity contribution in [2.24, 2.45) is 5.92 Å². The predicted molar refractivity (Wildman–Crippen MR) is 73.9 cm³/mol. The zero-order valence-corrected chi connectivity index (χ0v) is 11.9. The van der Waals surface area contributed by atoms with Gasteiger partial charge in [-0.2, -0.15) is 0 Å². The van der Waals surface area contributed by atoms with Crippen LogP contribution in [0.3, 0.4) is 0 Å². The number of aryl methyl sites for hydroxylation is 1. The number of hydrogen-bond donors (Lipinski definition) is 0. The molecule has 7 nitrogen and oxygen atoms in total. The monoisotopic (exact) mass is 292 g/mol. The Balaban J connectivity index is 2.19. The molecule has 1 unspecified atom stereocenters. The van der Waals surface area contributed by atoms with Gasteiger partial charge in [0, 0.05) is 30.8 Å². The maximum atomic E-state index is 12.5. The number of nitrogens with zero attached hydrogens (tertiary/aromatic N) is 2. The molecule has 1 fully saturated rings. The van der Waals surface area contributed by atoms with Gasteiger partial charge in [0.05, 0.1) is 18.0 Å². The molecule has 0 aromatic heterocycles. The Bertz CT molecular complexity index is 599. The van der Waals surface area contributed by atoms with E-state index in [-0.39, 0.29) is 30.0 Å². The average Bonchev–Trinajstić information content (AvgIpc) is 2.95. The van der Waals surface area contributed by atoms with Gasteiger partial charge in [0.1, 0.15) is 0 Å². The van der Waals surface area contributed by atoms with E-state index in [1.165, 1.54) is 24.1 Å². The molecule has 0 aliphatic carbocycles. The fourth-order valence-corrected chi connectivity index (χ4v) is 2.43.